The molecule has 0 spiro atoms. The van der Waals surface area contributed by atoms with Gasteiger partial charge in [-0.1, -0.05) is 77.8 Å². The molecule has 1 fully saturated rings. The first-order valence-electron chi connectivity index (χ1n) is 13.0. The minimum absolute atomic E-state index is 0.144. The first-order chi connectivity index (χ1) is 20.3. The van der Waals surface area contributed by atoms with Crippen LogP contribution in [0.5, 0.6) is 5.75 Å². The molecule has 42 heavy (non-hydrogen) atoms. The molecule has 5 rings (SSSR count). The molecule has 1 aromatic heterocycles. The van der Waals surface area contributed by atoms with Crippen LogP contribution in [0.1, 0.15) is 42.5 Å². The van der Waals surface area contributed by atoms with Crippen molar-refractivity contribution in [3.05, 3.63) is 105 Å². The van der Waals surface area contributed by atoms with E-state index in [2.05, 4.69) is 17.1 Å². The Morgan fingerprint density at radius 1 is 1.10 bits per heavy atom. The fraction of sp³-hybridized carbons (Fsp3) is 0.200. The van der Waals surface area contributed by atoms with E-state index in [1.54, 1.807) is 36.4 Å². The maximum atomic E-state index is 13.6. The maximum Gasteiger partial charge on any atom is 0.301 e. The number of hydrogen-bond donors (Lipinski definition) is 1. The summed E-state index contributed by atoms with van der Waals surface area (Å²) in [5.74, 6) is -1.64. The maximum absolute atomic E-state index is 13.6. The topological polar surface area (TPSA) is 92.6 Å². The highest BCUT2D eigenvalue weighted by Crippen LogP contribution is 2.44. The Hall–Kier alpha value is -3.44. The van der Waals surface area contributed by atoms with Crippen LogP contribution in [0.25, 0.3) is 5.76 Å². The van der Waals surface area contributed by atoms with Gasteiger partial charge in [0.05, 0.1) is 18.2 Å². The van der Waals surface area contributed by atoms with Gasteiger partial charge in [-0.2, -0.15) is 0 Å². The number of ether oxygens (including phenoxy) is 1. The summed E-state index contributed by atoms with van der Waals surface area (Å²) < 4.78 is 20.0. The number of benzene rings is 3. The Morgan fingerprint density at radius 3 is 2.62 bits per heavy atom. The van der Waals surface area contributed by atoms with E-state index in [0.29, 0.717) is 38.1 Å². The number of aromatic nitrogens is 2. The van der Waals surface area contributed by atoms with Crippen LogP contribution in [0, 0.1) is 5.82 Å². The van der Waals surface area contributed by atoms with Crippen molar-refractivity contribution in [1.29, 1.82) is 0 Å². The van der Waals surface area contributed by atoms with Crippen molar-refractivity contribution < 1.29 is 23.8 Å². The number of amides is 1. The van der Waals surface area contributed by atoms with Gasteiger partial charge in [-0.25, -0.2) is 4.39 Å². The molecule has 0 saturated carbocycles. The van der Waals surface area contributed by atoms with Crippen molar-refractivity contribution in [3.63, 3.8) is 0 Å². The van der Waals surface area contributed by atoms with Gasteiger partial charge < -0.3 is 9.84 Å². The van der Waals surface area contributed by atoms with Crippen molar-refractivity contribution >= 4 is 68.9 Å². The number of aliphatic hydroxyl groups is 1. The number of thioether (sulfide) groups is 1. The first kappa shape index (κ1) is 30.0. The zero-order valence-corrected chi connectivity index (χ0v) is 25.4. The van der Waals surface area contributed by atoms with Crippen molar-refractivity contribution in [2.75, 3.05) is 11.5 Å². The van der Waals surface area contributed by atoms with Crippen LogP contribution in [0.3, 0.4) is 0 Å². The van der Waals surface area contributed by atoms with Gasteiger partial charge in [-0.15, -0.1) is 10.2 Å². The zero-order valence-electron chi connectivity index (χ0n) is 22.2. The van der Waals surface area contributed by atoms with E-state index < -0.39 is 29.3 Å². The molecule has 216 valence electrons. The van der Waals surface area contributed by atoms with Crippen LogP contribution in [0.4, 0.5) is 9.52 Å². The summed E-state index contributed by atoms with van der Waals surface area (Å²) in [4.78, 5) is 28.2. The second-order valence-electron chi connectivity index (χ2n) is 9.33. The van der Waals surface area contributed by atoms with E-state index in [0.717, 1.165) is 29.7 Å². The predicted octanol–water partition coefficient (Wildman–Crippen LogP) is 8.08. The van der Waals surface area contributed by atoms with E-state index in [1.807, 2.05) is 6.07 Å². The number of hydrogen-bond acceptors (Lipinski definition) is 8. The predicted molar refractivity (Wildman–Crippen MR) is 164 cm³/mol. The summed E-state index contributed by atoms with van der Waals surface area (Å²) in [5.41, 5.74) is 1.43. The summed E-state index contributed by atoms with van der Waals surface area (Å²) in [7, 11) is 0. The third kappa shape index (κ3) is 6.47. The molecular weight excluding hydrogens is 620 g/mol. The monoisotopic (exact) mass is 643 g/mol. The van der Waals surface area contributed by atoms with Gasteiger partial charge in [0.1, 0.15) is 17.3 Å². The standard InChI is InChI=1S/C30H24Cl2FN3O4S2/c1-2-3-13-40-22-6-4-5-18(14-22)25-24(26(37)17-8-11-21(33)12-9-17)27(38)28(39)36(25)29-34-35-30(42-29)41-16-19-7-10-20(31)15-23(19)32/h4-12,14-15,25,37H,2-3,13,16H2,1H3/b26-24+. The number of anilines is 1. The summed E-state index contributed by atoms with van der Waals surface area (Å²) >= 11 is 14.8. The van der Waals surface area contributed by atoms with Crippen LogP contribution in [0.2, 0.25) is 10.0 Å². The number of Topliss-reactive ketones (excluding diaryl/α,β-unsaturated/α-hetero) is 1. The lowest BCUT2D eigenvalue weighted by molar-refractivity contribution is -0.132. The molecule has 0 radical (unpaired) electrons. The third-order valence-electron chi connectivity index (χ3n) is 6.47. The molecule has 0 bridgehead atoms. The second kappa shape index (κ2) is 13.2. The Morgan fingerprint density at radius 2 is 1.88 bits per heavy atom. The molecule has 1 N–H and O–H groups in total. The molecule has 1 amide bonds. The van der Waals surface area contributed by atoms with Crippen molar-refractivity contribution in [3.8, 4) is 5.75 Å². The number of nitrogens with zero attached hydrogens (tertiary/aromatic N) is 3. The molecular formula is C30H24Cl2FN3O4S2. The highest BCUT2D eigenvalue weighted by molar-refractivity contribution is 8.00. The molecule has 1 aliphatic rings. The second-order valence-corrected chi connectivity index (χ2v) is 12.3. The molecule has 3 aromatic carbocycles. The fourth-order valence-corrected chi connectivity index (χ4v) is 6.78. The van der Waals surface area contributed by atoms with Gasteiger partial charge in [0.25, 0.3) is 5.78 Å². The highest BCUT2D eigenvalue weighted by Gasteiger charge is 2.48. The Kier molecular flexibility index (Phi) is 9.47. The normalized spacial score (nSPS) is 16.3. The zero-order chi connectivity index (χ0) is 29.8. The Bertz CT molecular complexity index is 1660. The van der Waals surface area contributed by atoms with E-state index >= 15 is 0 Å². The van der Waals surface area contributed by atoms with Crippen LogP contribution in [0.15, 0.2) is 76.6 Å². The number of unbranched alkanes of at least 4 members (excludes halogenated alkanes) is 1. The SMILES string of the molecule is CCCCOc1cccc(C2/C(=C(\O)c3ccc(F)cc3)C(=O)C(=O)N2c2nnc(SCc3ccc(Cl)cc3Cl)s2)c1. The van der Waals surface area contributed by atoms with E-state index in [-0.39, 0.29) is 16.3 Å². The minimum Gasteiger partial charge on any atom is -0.507 e. The fourth-order valence-electron chi connectivity index (χ4n) is 4.35. The smallest absolute Gasteiger partial charge is 0.301 e. The Balaban J connectivity index is 1.53. The number of halogens is 3. The van der Waals surface area contributed by atoms with Crippen molar-refractivity contribution in [2.45, 2.75) is 35.9 Å². The van der Waals surface area contributed by atoms with Crippen molar-refractivity contribution in [1.82, 2.24) is 10.2 Å². The third-order valence-corrected chi connectivity index (χ3v) is 9.16. The average Bonchev–Trinajstić information content (AvgIpc) is 3.55. The molecule has 7 nitrogen and oxygen atoms in total. The largest absolute Gasteiger partial charge is 0.507 e. The number of aliphatic hydroxyl groups excluding tert-OH is 1. The summed E-state index contributed by atoms with van der Waals surface area (Å²) in [6.07, 6.45) is 1.82. The lowest BCUT2D eigenvalue weighted by atomic mass is 9.95. The lowest BCUT2D eigenvalue weighted by Gasteiger charge is -2.23. The molecule has 2 heterocycles. The van der Waals surface area contributed by atoms with Crippen molar-refractivity contribution in [2.24, 2.45) is 0 Å². The quantitative estimate of drug-likeness (QED) is 0.0466. The van der Waals surface area contributed by atoms with Crippen LogP contribution in [-0.2, 0) is 15.3 Å². The average molecular weight is 645 g/mol. The summed E-state index contributed by atoms with van der Waals surface area (Å²) in [6, 6.07) is 16.3. The highest BCUT2D eigenvalue weighted by atomic mass is 35.5. The van der Waals surface area contributed by atoms with Crippen LogP contribution >= 0.6 is 46.3 Å². The first-order valence-corrected chi connectivity index (χ1v) is 15.5. The minimum atomic E-state index is -1.03. The summed E-state index contributed by atoms with van der Waals surface area (Å²) in [6.45, 7) is 2.56. The molecule has 1 saturated heterocycles. The van der Waals surface area contributed by atoms with E-state index in [1.165, 1.54) is 40.9 Å². The van der Waals surface area contributed by atoms with Gasteiger partial charge in [0, 0.05) is 21.4 Å². The number of rotatable bonds is 10. The molecule has 1 aliphatic heterocycles. The number of carbonyl (C=O) groups excluding carboxylic acids is 2. The Labute approximate surface area is 259 Å². The van der Waals surface area contributed by atoms with E-state index in [4.69, 9.17) is 27.9 Å². The van der Waals surface area contributed by atoms with Gasteiger partial charge in [-0.3, -0.25) is 14.5 Å². The number of carbonyl (C=O) groups is 2. The van der Waals surface area contributed by atoms with Gasteiger partial charge in [0.15, 0.2) is 4.34 Å². The summed E-state index contributed by atoms with van der Waals surface area (Å²) in [5, 5.41) is 21.0. The van der Waals surface area contributed by atoms with Crippen LogP contribution in [-0.4, -0.2) is 33.6 Å². The molecule has 12 heteroatoms. The lowest BCUT2D eigenvalue weighted by Crippen LogP contribution is -2.29. The molecule has 0 aliphatic carbocycles. The van der Waals surface area contributed by atoms with Gasteiger partial charge in [-0.05, 0) is 66.1 Å². The molecule has 4 aromatic rings. The van der Waals surface area contributed by atoms with Gasteiger partial charge in [0.2, 0.25) is 5.13 Å². The van der Waals surface area contributed by atoms with E-state index in [9.17, 15) is 19.1 Å². The van der Waals surface area contributed by atoms with Crippen LogP contribution < -0.4 is 9.64 Å². The molecule has 1 unspecified atom stereocenters. The number of ketones is 1. The molecule has 1 atom stereocenters. The van der Waals surface area contributed by atoms with Gasteiger partial charge >= 0.3 is 5.91 Å².